The normalized spacial score (nSPS) is 16.7. The SMILES string of the molecule is Cc1ccc(N2CCC(NC(=O)Nc3cccc(C)c3C)C2=O)cc1C. The summed E-state index contributed by atoms with van der Waals surface area (Å²) in [6.45, 7) is 8.66. The number of amides is 3. The fourth-order valence-electron chi connectivity index (χ4n) is 3.17. The van der Waals surface area contributed by atoms with Gasteiger partial charge in [-0.25, -0.2) is 4.79 Å². The highest BCUT2D eigenvalue weighted by atomic mass is 16.2. The highest BCUT2D eigenvalue weighted by Gasteiger charge is 2.33. The quantitative estimate of drug-likeness (QED) is 0.882. The molecule has 1 unspecified atom stereocenters. The van der Waals surface area contributed by atoms with Crippen LogP contribution in [0.3, 0.4) is 0 Å². The topological polar surface area (TPSA) is 61.4 Å². The minimum Gasteiger partial charge on any atom is -0.326 e. The summed E-state index contributed by atoms with van der Waals surface area (Å²) in [7, 11) is 0. The number of nitrogens with zero attached hydrogens (tertiary/aromatic N) is 1. The summed E-state index contributed by atoms with van der Waals surface area (Å²) in [5.41, 5.74) is 6.14. The molecule has 1 heterocycles. The Balaban J connectivity index is 1.66. The summed E-state index contributed by atoms with van der Waals surface area (Å²) in [6, 6.07) is 10.9. The predicted molar refractivity (Wildman–Crippen MR) is 105 cm³/mol. The summed E-state index contributed by atoms with van der Waals surface area (Å²) in [5.74, 6) is -0.0654. The fourth-order valence-corrected chi connectivity index (χ4v) is 3.17. The van der Waals surface area contributed by atoms with Crippen molar-refractivity contribution in [3.8, 4) is 0 Å². The van der Waals surface area contributed by atoms with Crippen LogP contribution in [0.25, 0.3) is 0 Å². The standard InChI is InChI=1S/C21H25N3O2/c1-13-8-9-17(12-15(13)3)24-11-10-19(20(24)25)23-21(26)22-18-7-5-6-14(2)16(18)4/h5-9,12,19H,10-11H2,1-4H3,(H2,22,23,26). The molecule has 1 atom stereocenters. The monoisotopic (exact) mass is 351 g/mol. The Morgan fingerprint density at radius 2 is 1.81 bits per heavy atom. The van der Waals surface area contributed by atoms with Crippen LogP contribution in [-0.4, -0.2) is 24.5 Å². The molecule has 0 saturated carbocycles. The first-order chi connectivity index (χ1) is 12.4. The molecule has 3 amide bonds. The zero-order chi connectivity index (χ0) is 18.8. The van der Waals surface area contributed by atoms with E-state index in [9.17, 15) is 9.59 Å². The Bertz CT molecular complexity index is 860. The van der Waals surface area contributed by atoms with E-state index >= 15 is 0 Å². The lowest BCUT2D eigenvalue weighted by Gasteiger charge is -2.19. The van der Waals surface area contributed by atoms with Crippen LogP contribution >= 0.6 is 0 Å². The minimum atomic E-state index is -0.498. The van der Waals surface area contributed by atoms with Crippen LogP contribution in [0.5, 0.6) is 0 Å². The van der Waals surface area contributed by atoms with Crippen LogP contribution in [0.1, 0.15) is 28.7 Å². The molecule has 0 aliphatic carbocycles. The van der Waals surface area contributed by atoms with E-state index < -0.39 is 6.04 Å². The number of hydrogen-bond acceptors (Lipinski definition) is 2. The third kappa shape index (κ3) is 3.57. The maximum atomic E-state index is 12.7. The minimum absolute atomic E-state index is 0.0654. The highest BCUT2D eigenvalue weighted by molar-refractivity contribution is 6.02. The van der Waals surface area contributed by atoms with Crippen molar-refractivity contribution in [3.63, 3.8) is 0 Å². The first-order valence-corrected chi connectivity index (χ1v) is 8.89. The lowest BCUT2D eigenvalue weighted by Crippen LogP contribution is -2.43. The van der Waals surface area contributed by atoms with Crippen LogP contribution in [0.2, 0.25) is 0 Å². The number of urea groups is 1. The molecule has 5 heteroatoms. The number of carbonyl (C=O) groups is 2. The molecule has 0 bridgehead atoms. The number of hydrogen-bond donors (Lipinski definition) is 2. The molecule has 1 fully saturated rings. The molecule has 0 spiro atoms. The lowest BCUT2D eigenvalue weighted by atomic mass is 10.1. The molecule has 2 aromatic carbocycles. The van der Waals surface area contributed by atoms with Gasteiger partial charge in [0.15, 0.2) is 0 Å². The third-order valence-corrected chi connectivity index (χ3v) is 5.17. The zero-order valence-electron chi connectivity index (χ0n) is 15.7. The number of benzene rings is 2. The second-order valence-electron chi connectivity index (χ2n) is 6.95. The maximum absolute atomic E-state index is 12.7. The molecule has 2 aromatic rings. The summed E-state index contributed by atoms with van der Waals surface area (Å²) in [6.07, 6.45) is 0.603. The largest absolute Gasteiger partial charge is 0.326 e. The van der Waals surface area contributed by atoms with Crippen molar-refractivity contribution < 1.29 is 9.59 Å². The number of anilines is 2. The summed E-state index contributed by atoms with van der Waals surface area (Å²) in [4.78, 5) is 26.8. The molecule has 1 saturated heterocycles. The molecule has 0 radical (unpaired) electrons. The molecular weight excluding hydrogens is 326 g/mol. The highest BCUT2D eigenvalue weighted by Crippen LogP contribution is 2.24. The van der Waals surface area contributed by atoms with Crippen LogP contribution in [0.4, 0.5) is 16.2 Å². The number of nitrogens with one attached hydrogen (secondary N) is 2. The van der Waals surface area contributed by atoms with Crippen molar-refractivity contribution in [2.24, 2.45) is 0 Å². The van der Waals surface area contributed by atoms with Crippen molar-refractivity contribution in [3.05, 3.63) is 58.7 Å². The molecule has 3 rings (SSSR count). The Hall–Kier alpha value is -2.82. The van der Waals surface area contributed by atoms with E-state index in [0.717, 1.165) is 28.1 Å². The van der Waals surface area contributed by atoms with Gasteiger partial charge in [0.05, 0.1) is 0 Å². The Morgan fingerprint density at radius 3 is 2.54 bits per heavy atom. The lowest BCUT2D eigenvalue weighted by molar-refractivity contribution is -0.118. The number of aryl methyl sites for hydroxylation is 3. The van der Waals surface area contributed by atoms with Gasteiger partial charge in [0.25, 0.3) is 0 Å². The average Bonchev–Trinajstić information content (AvgIpc) is 2.95. The van der Waals surface area contributed by atoms with Crippen molar-refractivity contribution in [2.75, 3.05) is 16.8 Å². The van der Waals surface area contributed by atoms with E-state index in [4.69, 9.17) is 0 Å². The van der Waals surface area contributed by atoms with Gasteiger partial charge in [-0.15, -0.1) is 0 Å². The smallest absolute Gasteiger partial charge is 0.319 e. The predicted octanol–water partition coefficient (Wildman–Crippen LogP) is 3.85. The first-order valence-electron chi connectivity index (χ1n) is 8.89. The zero-order valence-corrected chi connectivity index (χ0v) is 15.7. The van der Waals surface area contributed by atoms with Gasteiger partial charge in [-0.05, 0) is 74.6 Å². The van der Waals surface area contributed by atoms with Crippen molar-refractivity contribution in [1.29, 1.82) is 0 Å². The second-order valence-corrected chi connectivity index (χ2v) is 6.95. The van der Waals surface area contributed by atoms with Crippen molar-refractivity contribution in [1.82, 2.24) is 5.32 Å². The summed E-state index contributed by atoms with van der Waals surface area (Å²) in [5, 5.41) is 5.66. The van der Waals surface area contributed by atoms with Crippen LogP contribution < -0.4 is 15.5 Å². The van der Waals surface area contributed by atoms with Gasteiger partial charge < -0.3 is 15.5 Å². The van der Waals surface area contributed by atoms with Crippen molar-refractivity contribution in [2.45, 2.75) is 40.2 Å². The Kier molecular flexibility index (Phi) is 4.98. The first kappa shape index (κ1) is 18.0. The van der Waals surface area contributed by atoms with E-state index in [-0.39, 0.29) is 11.9 Å². The molecule has 1 aliphatic rings. The summed E-state index contributed by atoms with van der Waals surface area (Å²) < 4.78 is 0. The Labute approximate surface area is 154 Å². The van der Waals surface area contributed by atoms with Gasteiger partial charge in [-0.1, -0.05) is 18.2 Å². The van der Waals surface area contributed by atoms with Crippen LogP contribution in [0.15, 0.2) is 36.4 Å². The average molecular weight is 351 g/mol. The second kappa shape index (κ2) is 7.20. The van der Waals surface area contributed by atoms with E-state index in [1.54, 1.807) is 4.90 Å². The van der Waals surface area contributed by atoms with Gasteiger partial charge in [-0.3, -0.25) is 4.79 Å². The van der Waals surface area contributed by atoms with E-state index in [2.05, 4.69) is 10.6 Å². The number of carbonyl (C=O) groups excluding carboxylic acids is 2. The van der Waals surface area contributed by atoms with Gasteiger partial charge in [-0.2, -0.15) is 0 Å². The Morgan fingerprint density at radius 1 is 1.04 bits per heavy atom. The van der Waals surface area contributed by atoms with Crippen LogP contribution in [-0.2, 0) is 4.79 Å². The van der Waals surface area contributed by atoms with E-state index in [0.29, 0.717) is 13.0 Å². The van der Waals surface area contributed by atoms with Crippen LogP contribution in [0, 0.1) is 27.7 Å². The van der Waals surface area contributed by atoms with Gasteiger partial charge in [0.2, 0.25) is 5.91 Å². The fraction of sp³-hybridized carbons (Fsp3) is 0.333. The van der Waals surface area contributed by atoms with Gasteiger partial charge in [0, 0.05) is 17.9 Å². The third-order valence-electron chi connectivity index (χ3n) is 5.17. The molecule has 5 nitrogen and oxygen atoms in total. The molecule has 26 heavy (non-hydrogen) atoms. The maximum Gasteiger partial charge on any atom is 0.319 e. The van der Waals surface area contributed by atoms with Crippen molar-refractivity contribution >= 4 is 23.3 Å². The van der Waals surface area contributed by atoms with Gasteiger partial charge >= 0.3 is 6.03 Å². The van der Waals surface area contributed by atoms with Gasteiger partial charge in [0.1, 0.15) is 6.04 Å². The molecule has 2 N–H and O–H groups in total. The number of rotatable bonds is 3. The molecule has 136 valence electrons. The molecule has 1 aliphatic heterocycles. The molecule has 0 aromatic heterocycles. The summed E-state index contributed by atoms with van der Waals surface area (Å²) >= 11 is 0. The molecular formula is C21H25N3O2. The van der Waals surface area contributed by atoms with E-state index in [1.807, 2.05) is 64.1 Å². The van der Waals surface area contributed by atoms with E-state index in [1.165, 1.54) is 5.56 Å².